The molecule has 12 heteroatoms. The molecule has 0 bridgehead atoms. The van der Waals surface area contributed by atoms with Gasteiger partial charge in [-0.05, 0) is 42.8 Å². The Hall–Kier alpha value is -3.70. The average molecular weight is 521 g/mol. The van der Waals surface area contributed by atoms with Crippen LogP contribution in [0.1, 0.15) is 21.5 Å². The van der Waals surface area contributed by atoms with Crippen LogP contribution in [0.25, 0.3) is 10.3 Å². The standard InChI is InChI=1S/C23H16ClF3N4O3S/c1-12-5-6-15(28-20(33)13-3-2-4-14(9-13)23(25,26)27)10-17(12)34-19-8-7-16-21(31-19)35-22(29-16)30-18(32)11-24/h2-10H,11H2,1H3,(H,28,33)(H,29,30,32). The van der Waals surface area contributed by atoms with Crippen molar-refractivity contribution in [2.24, 2.45) is 0 Å². The lowest BCUT2D eigenvalue weighted by atomic mass is 10.1. The van der Waals surface area contributed by atoms with Gasteiger partial charge in [0.2, 0.25) is 11.8 Å². The van der Waals surface area contributed by atoms with E-state index in [4.69, 9.17) is 16.3 Å². The van der Waals surface area contributed by atoms with Crippen molar-refractivity contribution in [3.8, 4) is 11.6 Å². The van der Waals surface area contributed by atoms with Crippen LogP contribution in [0.4, 0.5) is 24.0 Å². The van der Waals surface area contributed by atoms with Crippen molar-refractivity contribution in [1.82, 2.24) is 9.97 Å². The number of alkyl halides is 4. The van der Waals surface area contributed by atoms with E-state index in [1.807, 2.05) is 0 Å². The van der Waals surface area contributed by atoms with Gasteiger partial charge in [0.1, 0.15) is 22.0 Å². The molecule has 2 amide bonds. The monoisotopic (exact) mass is 520 g/mol. The van der Waals surface area contributed by atoms with Gasteiger partial charge in [0, 0.05) is 23.4 Å². The van der Waals surface area contributed by atoms with Crippen molar-refractivity contribution < 1.29 is 27.5 Å². The number of amides is 2. The molecule has 180 valence electrons. The summed E-state index contributed by atoms with van der Waals surface area (Å²) in [6.07, 6.45) is -4.55. The molecule has 35 heavy (non-hydrogen) atoms. The fraction of sp³-hybridized carbons (Fsp3) is 0.130. The highest BCUT2D eigenvalue weighted by Crippen LogP contribution is 2.32. The Morgan fingerprint density at radius 3 is 2.60 bits per heavy atom. The molecule has 0 unspecified atom stereocenters. The molecule has 0 spiro atoms. The van der Waals surface area contributed by atoms with Crippen molar-refractivity contribution >= 4 is 55.9 Å². The van der Waals surface area contributed by atoms with Crippen molar-refractivity contribution in [2.45, 2.75) is 13.1 Å². The quantitative estimate of drug-likeness (QED) is 0.293. The summed E-state index contributed by atoms with van der Waals surface area (Å²) < 4.78 is 44.7. The highest BCUT2D eigenvalue weighted by atomic mass is 35.5. The number of rotatable bonds is 6. The van der Waals surface area contributed by atoms with Crippen molar-refractivity contribution in [3.05, 3.63) is 71.3 Å². The van der Waals surface area contributed by atoms with Gasteiger partial charge in [-0.1, -0.05) is 23.5 Å². The number of carbonyl (C=O) groups is 2. The van der Waals surface area contributed by atoms with Crippen LogP contribution in [0, 0.1) is 6.92 Å². The van der Waals surface area contributed by atoms with Crippen molar-refractivity contribution in [3.63, 3.8) is 0 Å². The number of fused-ring (bicyclic) bond motifs is 1. The van der Waals surface area contributed by atoms with E-state index in [2.05, 4.69) is 20.6 Å². The molecule has 2 aromatic heterocycles. The van der Waals surface area contributed by atoms with Crippen LogP contribution in [-0.4, -0.2) is 27.7 Å². The molecule has 4 rings (SSSR count). The van der Waals surface area contributed by atoms with Gasteiger partial charge in [-0.3, -0.25) is 9.59 Å². The minimum atomic E-state index is -4.55. The Bertz CT molecular complexity index is 1420. The number of thiazole rings is 1. The summed E-state index contributed by atoms with van der Waals surface area (Å²) in [6, 6.07) is 12.3. The summed E-state index contributed by atoms with van der Waals surface area (Å²) in [5, 5.41) is 5.50. The van der Waals surface area contributed by atoms with E-state index in [1.165, 1.54) is 12.1 Å². The first-order valence-electron chi connectivity index (χ1n) is 10.0. The Morgan fingerprint density at radius 1 is 1.06 bits per heavy atom. The lowest BCUT2D eigenvalue weighted by Gasteiger charge is -2.12. The molecule has 2 N–H and O–H groups in total. The van der Waals surface area contributed by atoms with Gasteiger partial charge >= 0.3 is 6.18 Å². The minimum absolute atomic E-state index is 0.128. The molecule has 0 aliphatic carbocycles. The van der Waals surface area contributed by atoms with Gasteiger partial charge in [-0.25, -0.2) is 9.97 Å². The number of nitrogens with zero attached hydrogens (tertiary/aromatic N) is 2. The molecular weight excluding hydrogens is 505 g/mol. The van der Waals surface area contributed by atoms with E-state index >= 15 is 0 Å². The second-order valence-electron chi connectivity index (χ2n) is 7.29. The smallest absolute Gasteiger partial charge is 0.416 e. The Morgan fingerprint density at radius 2 is 1.86 bits per heavy atom. The maximum absolute atomic E-state index is 13.0. The second kappa shape index (κ2) is 9.88. The van der Waals surface area contributed by atoms with Gasteiger partial charge in [0.15, 0.2) is 5.13 Å². The van der Waals surface area contributed by atoms with Crippen LogP contribution < -0.4 is 15.4 Å². The molecule has 0 saturated heterocycles. The predicted octanol–water partition coefficient (Wildman–Crippen LogP) is 6.24. The zero-order chi connectivity index (χ0) is 25.2. The van der Waals surface area contributed by atoms with Crippen LogP contribution >= 0.6 is 22.9 Å². The molecule has 0 radical (unpaired) electrons. The molecule has 0 atom stereocenters. The first-order chi connectivity index (χ1) is 16.6. The van der Waals surface area contributed by atoms with Gasteiger partial charge in [0.25, 0.3) is 5.91 Å². The third-order valence-electron chi connectivity index (χ3n) is 4.71. The molecule has 2 heterocycles. The van der Waals surface area contributed by atoms with Crippen LogP contribution in [0.15, 0.2) is 54.6 Å². The zero-order valence-electron chi connectivity index (χ0n) is 17.9. The molecule has 7 nitrogen and oxygen atoms in total. The number of nitrogens with one attached hydrogen (secondary N) is 2. The Labute approximate surface area is 205 Å². The zero-order valence-corrected chi connectivity index (χ0v) is 19.5. The third kappa shape index (κ3) is 5.87. The Balaban J connectivity index is 1.52. The van der Waals surface area contributed by atoms with Gasteiger partial charge in [-0.15, -0.1) is 11.6 Å². The minimum Gasteiger partial charge on any atom is -0.439 e. The molecule has 0 saturated carbocycles. The predicted molar refractivity (Wildman–Crippen MR) is 127 cm³/mol. The lowest BCUT2D eigenvalue weighted by Crippen LogP contribution is -2.14. The van der Waals surface area contributed by atoms with Gasteiger partial charge < -0.3 is 15.4 Å². The van der Waals surface area contributed by atoms with Crippen LogP contribution in [0.3, 0.4) is 0 Å². The van der Waals surface area contributed by atoms with Crippen molar-refractivity contribution in [2.75, 3.05) is 16.5 Å². The summed E-state index contributed by atoms with van der Waals surface area (Å²) in [6.45, 7) is 1.79. The normalized spacial score (nSPS) is 11.3. The van der Waals surface area contributed by atoms with E-state index in [-0.39, 0.29) is 23.2 Å². The maximum atomic E-state index is 13.0. The topological polar surface area (TPSA) is 93.2 Å². The number of aryl methyl sites for hydroxylation is 1. The summed E-state index contributed by atoms with van der Waals surface area (Å²) in [4.78, 5) is 33.2. The number of aromatic nitrogens is 2. The summed E-state index contributed by atoms with van der Waals surface area (Å²) in [7, 11) is 0. The Kier molecular flexibility index (Phi) is 6.90. The number of hydrogen-bond donors (Lipinski definition) is 2. The van der Waals surface area contributed by atoms with Gasteiger partial charge in [-0.2, -0.15) is 13.2 Å². The van der Waals surface area contributed by atoms with E-state index in [0.717, 1.165) is 29.0 Å². The first kappa shape index (κ1) is 24.4. The van der Waals surface area contributed by atoms with Crippen LogP contribution in [0.5, 0.6) is 11.6 Å². The molecule has 2 aromatic carbocycles. The number of hydrogen-bond acceptors (Lipinski definition) is 6. The number of halogens is 4. The van der Waals surface area contributed by atoms with Gasteiger partial charge in [0.05, 0.1) is 5.56 Å². The maximum Gasteiger partial charge on any atom is 0.416 e. The molecular formula is C23H16ClF3N4O3S. The number of pyridine rings is 1. The van der Waals surface area contributed by atoms with E-state index in [9.17, 15) is 22.8 Å². The fourth-order valence-electron chi connectivity index (χ4n) is 3.00. The second-order valence-corrected chi connectivity index (χ2v) is 8.53. The van der Waals surface area contributed by atoms with Crippen LogP contribution in [0.2, 0.25) is 0 Å². The molecule has 0 fully saturated rings. The average Bonchev–Trinajstić information content (AvgIpc) is 3.22. The summed E-state index contributed by atoms with van der Waals surface area (Å²) in [5.74, 6) is -0.638. The van der Waals surface area contributed by atoms with E-state index < -0.39 is 17.6 Å². The molecule has 0 aliphatic heterocycles. The molecule has 4 aromatic rings. The van der Waals surface area contributed by atoms with E-state index in [0.29, 0.717) is 26.9 Å². The number of anilines is 2. The number of benzene rings is 2. The summed E-state index contributed by atoms with van der Waals surface area (Å²) >= 11 is 6.64. The first-order valence-corrected chi connectivity index (χ1v) is 11.4. The number of ether oxygens (including phenoxy) is 1. The number of carbonyl (C=O) groups excluding carboxylic acids is 2. The van der Waals surface area contributed by atoms with Crippen molar-refractivity contribution in [1.29, 1.82) is 0 Å². The largest absolute Gasteiger partial charge is 0.439 e. The highest BCUT2D eigenvalue weighted by molar-refractivity contribution is 7.22. The SMILES string of the molecule is Cc1ccc(NC(=O)c2cccc(C(F)(F)F)c2)cc1Oc1ccc2nc(NC(=O)CCl)sc2n1. The van der Waals surface area contributed by atoms with Crippen LogP contribution in [-0.2, 0) is 11.0 Å². The lowest BCUT2D eigenvalue weighted by molar-refractivity contribution is -0.137. The summed E-state index contributed by atoms with van der Waals surface area (Å²) in [5.41, 5.74) is 0.595. The fourth-order valence-corrected chi connectivity index (χ4v) is 3.92. The molecule has 0 aliphatic rings. The van der Waals surface area contributed by atoms with E-state index in [1.54, 1.807) is 37.3 Å². The third-order valence-corrected chi connectivity index (χ3v) is 5.83. The highest BCUT2D eigenvalue weighted by Gasteiger charge is 2.30.